The average molecular weight is 387 g/mol. The van der Waals surface area contributed by atoms with E-state index in [0.29, 0.717) is 26.9 Å². The van der Waals surface area contributed by atoms with Crippen molar-refractivity contribution < 1.29 is 0 Å². The molecule has 0 aliphatic carbocycles. The maximum atomic E-state index is 13.4. The van der Waals surface area contributed by atoms with E-state index in [1.807, 2.05) is 38.1 Å². The van der Waals surface area contributed by atoms with Crippen LogP contribution >= 0.6 is 22.9 Å². The minimum Gasteiger partial charge on any atom is -0.348 e. The molecule has 0 aliphatic rings. The van der Waals surface area contributed by atoms with E-state index in [9.17, 15) is 4.79 Å². The summed E-state index contributed by atoms with van der Waals surface area (Å²) >= 11 is 7.42. The topological polar surface area (TPSA) is 68.8 Å². The number of fused-ring (bicyclic) bond motifs is 1. The van der Waals surface area contributed by atoms with Gasteiger partial charge in [0.05, 0.1) is 11.1 Å². The molecule has 0 saturated carbocycles. The van der Waals surface area contributed by atoms with Crippen LogP contribution in [-0.2, 0) is 0 Å². The van der Waals surface area contributed by atoms with Gasteiger partial charge in [-0.05, 0) is 31.2 Å². The second-order valence-corrected chi connectivity index (χ2v) is 7.39. The van der Waals surface area contributed by atoms with E-state index in [4.69, 9.17) is 16.6 Å². The van der Waals surface area contributed by atoms with Gasteiger partial charge in [-0.1, -0.05) is 22.9 Å². The molecule has 0 bridgehead atoms. The predicted octanol–water partition coefficient (Wildman–Crippen LogP) is 3.06. The van der Waals surface area contributed by atoms with Crippen LogP contribution in [0, 0.1) is 6.92 Å². The monoisotopic (exact) mass is 386 g/mol. The zero-order valence-electron chi connectivity index (χ0n) is 14.3. The van der Waals surface area contributed by atoms with E-state index in [1.165, 1.54) is 17.7 Å². The molecule has 0 radical (unpaired) electrons. The van der Waals surface area contributed by atoms with Gasteiger partial charge in [0.25, 0.3) is 5.56 Å². The van der Waals surface area contributed by atoms with Gasteiger partial charge in [-0.2, -0.15) is 5.10 Å². The first kappa shape index (κ1) is 16.7. The number of hydrogen-bond donors (Lipinski definition) is 0. The number of benzene rings is 1. The molecule has 4 rings (SSSR count). The quantitative estimate of drug-likeness (QED) is 0.541. The average Bonchev–Trinajstić information content (AvgIpc) is 3.24. The lowest BCUT2D eigenvalue weighted by Crippen LogP contribution is -2.27. The van der Waals surface area contributed by atoms with Gasteiger partial charge < -0.3 is 4.90 Å². The molecule has 0 atom stereocenters. The number of rotatable bonds is 3. The van der Waals surface area contributed by atoms with Gasteiger partial charge in [-0.15, -0.1) is 0 Å². The highest BCUT2D eigenvalue weighted by Crippen LogP contribution is 2.31. The summed E-state index contributed by atoms with van der Waals surface area (Å²) in [6, 6.07) is 7.14. The van der Waals surface area contributed by atoms with Crippen LogP contribution in [0.2, 0.25) is 5.02 Å². The highest BCUT2D eigenvalue weighted by Gasteiger charge is 2.20. The molecule has 0 N–H and O–H groups in total. The van der Waals surface area contributed by atoms with Crippen molar-refractivity contribution in [2.45, 2.75) is 6.92 Å². The second kappa shape index (κ2) is 6.22. The molecule has 0 saturated heterocycles. The third kappa shape index (κ3) is 2.58. The second-order valence-electron chi connectivity index (χ2n) is 5.98. The van der Waals surface area contributed by atoms with Crippen molar-refractivity contribution in [3.8, 4) is 10.7 Å². The number of thiophene rings is 1. The summed E-state index contributed by atoms with van der Waals surface area (Å²) in [5.41, 5.74) is 1.42. The van der Waals surface area contributed by atoms with Crippen LogP contribution in [-0.4, -0.2) is 38.4 Å². The highest BCUT2D eigenvalue weighted by molar-refractivity contribution is 7.21. The van der Waals surface area contributed by atoms with Gasteiger partial charge in [-0.25, -0.2) is 19.2 Å². The Balaban J connectivity index is 2.06. The van der Waals surface area contributed by atoms with E-state index in [1.54, 1.807) is 27.7 Å². The van der Waals surface area contributed by atoms with Crippen LogP contribution in [0.1, 0.15) is 5.56 Å². The van der Waals surface area contributed by atoms with Crippen LogP contribution in [0.3, 0.4) is 0 Å². The fourth-order valence-electron chi connectivity index (χ4n) is 2.82. The Bertz CT molecular complexity index is 1140. The van der Waals surface area contributed by atoms with Crippen LogP contribution < -0.4 is 10.5 Å². The zero-order valence-corrected chi connectivity index (χ0v) is 15.9. The van der Waals surface area contributed by atoms with Gasteiger partial charge in [0.1, 0.15) is 22.5 Å². The Hall–Kier alpha value is -2.71. The summed E-state index contributed by atoms with van der Waals surface area (Å²) in [7, 11) is 3.72. The van der Waals surface area contributed by atoms with Crippen LogP contribution in [0.25, 0.3) is 20.9 Å². The lowest BCUT2D eigenvalue weighted by Gasteiger charge is -2.18. The number of hydrogen-bond acceptors (Lipinski definition) is 6. The Morgan fingerprint density at radius 3 is 2.54 bits per heavy atom. The summed E-state index contributed by atoms with van der Waals surface area (Å²) in [5.74, 6) is 0.552. The lowest BCUT2D eigenvalue weighted by atomic mass is 10.2. The lowest BCUT2D eigenvalue weighted by molar-refractivity contribution is 0.887. The molecule has 26 heavy (non-hydrogen) atoms. The van der Waals surface area contributed by atoms with Crippen molar-refractivity contribution >= 4 is 39.1 Å². The normalized spacial score (nSPS) is 11.2. The van der Waals surface area contributed by atoms with Crippen molar-refractivity contribution in [1.29, 1.82) is 0 Å². The minimum atomic E-state index is -0.124. The van der Waals surface area contributed by atoms with Crippen molar-refractivity contribution in [3.63, 3.8) is 0 Å². The fourth-order valence-corrected chi connectivity index (χ4v) is 4.04. The Labute approximate surface area is 158 Å². The van der Waals surface area contributed by atoms with E-state index in [2.05, 4.69) is 10.1 Å². The van der Waals surface area contributed by atoms with Gasteiger partial charge in [0.2, 0.25) is 5.95 Å². The third-order valence-corrected chi connectivity index (χ3v) is 5.46. The number of aryl methyl sites for hydroxylation is 1. The first-order valence-electron chi connectivity index (χ1n) is 7.82. The van der Waals surface area contributed by atoms with Gasteiger partial charge in [-0.3, -0.25) is 4.79 Å². The fraction of sp³-hybridized carbons (Fsp3) is 0.176. The van der Waals surface area contributed by atoms with E-state index in [0.717, 1.165) is 10.6 Å². The SMILES string of the molecule is Cc1c(-n2cncn2)sc2nc(N(C)C)n(-c3ccc(Cl)cc3)c(=O)c12. The Kier molecular flexibility index (Phi) is 4.01. The smallest absolute Gasteiger partial charge is 0.268 e. The third-order valence-electron chi connectivity index (χ3n) is 4.03. The van der Waals surface area contributed by atoms with E-state index in [-0.39, 0.29) is 5.56 Å². The summed E-state index contributed by atoms with van der Waals surface area (Å²) in [5, 5.41) is 6.21. The summed E-state index contributed by atoms with van der Waals surface area (Å²) in [6.07, 6.45) is 3.08. The molecule has 3 aromatic heterocycles. The summed E-state index contributed by atoms with van der Waals surface area (Å²) in [4.78, 5) is 24.6. The molecule has 0 fully saturated rings. The zero-order chi connectivity index (χ0) is 18.4. The standard InChI is InChI=1S/C17H15ClN6OS/c1-10-13-14(26-16(10)23-9-19-8-20-23)21-17(22(2)3)24(15(13)25)12-6-4-11(18)5-7-12/h4-9H,1-3H3. The Morgan fingerprint density at radius 1 is 1.19 bits per heavy atom. The minimum absolute atomic E-state index is 0.124. The predicted molar refractivity (Wildman–Crippen MR) is 104 cm³/mol. The van der Waals surface area contributed by atoms with Gasteiger partial charge >= 0.3 is 0 Å². The molecule has 1 aromatic carbocycles. The number of aromatic nitrogens is 5. The van der Waals surface area contributed by atoms with Crippen molar-refractivity contribution in [2.75, 3.05) is 19.0 Å². The molecule has 0 unspecified atom stereocenters. The summed E-state index contributed by atoms with van der Waals surface area (Å²) in [6.45, 7) is 1.90. The molecule has 132 valence electrons. The molecule has 4 aromatic rings. The van der Waals surface area contributed by atoms with Crippen LogP contribution in [0.5, 0.6) is 0 Å². The van der Waals surface area contributed by atoms with Crippen molar-refractivity contribution in [1.82, 2.24) is 24.3 Å². The first-order valence-corrected chi connectivity index (χ1v) is 9.01. The maximum Gasteiger partial charge on any atom is 0.268 e. The molecule has 0 spiro atoms. The van der Waals surface area contributed by atoms with Crippen molar-refractivity contribution in [2.24, 2.45) is 0 Å². The van der Waals surface area contributed by atoms with Crippen LogP contribution in [0.4, 0.5) is 5.95 Å². The largest absolute Gasteiger partial charge is 0.348 e. The van der Waals surface area contributed by atoms with Gasteiger partial charge in [0.15, 0.2) is 0 Å². The molecular weight excluding hydrogens is 372 g/mol. The number of anilines is 1. The number of halogens is 1. The van der Waals surface area contributed by atoms with Crippen LogP contribution in [0.15, 0.2) is 41.7 Å². The van der Waals surface area contributed by atoms with E-state index >= 15 is 0 Å². The molecule has 7 nitrogen and oxygen atoms in total. The maximum absolute atomic E-state index is 13.4. The Morgan fingerprint density at radius 2 is 1.92 bits per heavy atom. The van der Waals surface area contributed by atoms with Crippen molar-refractivity contribution in [3.05, 3.63) is 57.9 Å². The molecule has 3 heterocycles. The first-order chi connectivity index (χ1) is 12.5. The molecule has 9 heteroatoms. The molecular formula is C17H15ClN6OS. The highest BCUT2D eigenvalue weighted by atomic mass is 35.5. The van der Waals surface area contributed by atoms with Gasteiger partial charge in [0, 0.05) is 24.7 Å². The molecule has 0 amide bonds. The molecule has 0 aliphatic heterocycles. The van der Waals surface area contributed by atoms with E-state index < -0.39 is 0 Å². The summed E-state index contributed by atoms with van der Waals surface area (Å²) < 4.78 is 3.26. The number of nitrogens with zero attached hydrogens (tertiary/aromatic N) is 6.